The zero-order valence-corrected chi connectivity index (χ0v) is 5.47. The van der Waals surface area contributed by atoms with Crippen molar-refractivity contribution in [1.29, 1.82) is 0 Å². The summed E-state index contributed by atoms with van der Waals surface area (Å²) in [4.78, 5) is 7.65. The van der Waals surface area contributed by atoms with E-state index < -0.39 is 6.85 Å². The maximum atomic E-state index is 7.65. The van der Waals surface area contributed by atoms with E-state index in [0.717, 1.165) is 0 Å². The zero-order valence-electron chi connectivity index (χ0n) is 3.06. The zero-order chi connectivity index (χ0) is 5.58. The second-order valence-electron chi connectivity index (χ2n) is 0.215. The molecular formula is C2H5Cl2OP. The Bertz CT molecular complexity index is 22.8. The smallest absolute Gasteiger partial charge is 0.222 e. The van der Waals surface area contributed by atoms with E-state index in [9.17, 15) is 0 Å². The van der Waals surface area contributed by atoms with E-state index in [-0.39, 0.29) is 0 Å². The quantitative estimate of drug-likeness (QED) is 0.412. The summed E-state index contributed by atoms with van der Waals surface area (Å²) in [5.41, 5.74) is 0. The van der Waals surface area contributed by atoms with E-state index in [0.29, 0.717) is 0 Å². The van der Waals surface area contributed by atoms with E-state index in [2.05, 4.69) is 35.6 Å². The molecule has 0 aromatic rings. The van der Waals surface area contributed by atoms with Crippen molar-refractivity contribution < 1.29 is 4.89 Å². The molecule has 1 N–H and O–H groups in total. The molecule has 38 valence electrons. The molecule has 0 aromatic carbocycles. The van der Waals surface area contributed by atoms with Crippen LogP contribution < -0.4 is 0 Å². The van der Waals surface area contributed by atoms with Crippen LogP contribution in [0.5, 0.6) is 0 Å². The third-order valence-corrected chi connectivity index (χ3v) is 0. The maximum Gasteiger partial charge on any atom is 0.222 e. The van der Waals surface area contributed by atoms with Crippen LogP contribution >= 0.6 is 29.3 Å². The molecule has 0 aliphatic heterocycles. The lowest BCUT2D eigenvalue weighted by Gasteiger charge is -1.71. The lowest BCUT2D eigenvalue weighted by molar-refractivity contribution is 0.654. The predicted octanol–water partition coefficient (Wildman–Crippen LogP) is 2.49. The van der Waals surface area contributed by atoms with Crippen molar-refractivity contribution in [1.82, 2.24) is 0 Å². The molecule has 6 heavy (non-hydrogen) atoms. The van der Waals surface area contributed by atoms with Crippen molar-refractivity contribution in [3.05, 3.63) is 13.2 Å². The summed E-state index contributed by atoms with van der Waals surface area (Å²) in [7, 11) is 0. The molecule has 0 atom stereocenters. The SMILES string of the molecule is C=C.OP(Cl)Cl. The first-order chi connectivity index (χ1) is 2.73. The van der Waals surface area contributed by atoms with E-state index in [1.807, 2.05) is 0 Å². The highest BCUT2D eigenvalue weighted by Crippen LogP contribution is 2.40. The van der Waals surface area contributed by atoms with Crippen molar-refractivity contribution in [3.8, 4) is 0 Å². The van der Waals surface area contributed by atoms with Crippen LogP contribution in [0, 0.1) is 0 Å². The molecule has 4 heteroatoms. The van der Waals surface area contributed by atoms with Crippen LogP contribution in [0.15, 0.2) is 13.2 Å². The van der Waals surface area contributed by atoms with Gasteiger partial charge in [0.15, 0.2) is 0 Å². The largest absolute Gasteiger partial charge is 0.347 e. The molecule has 0 aliphatic carbocycles. The molecule has 0 bridgehead atoms. The van der Waals surface area contributed by atoms with Gasteiger partial charge in [-0.15, -0.1) is 13.2 Å². The van der Waals surface area contributed by atoms with Gasteiger partial charge in [0.25, 0.3) is 0 Å². The minimum Gasteiger partial charge on any atom is -0.347 e. The summed E-state index contributed by atoms with van der Waals surface area (Å²) in [5, 5.41) is 0. The fourth-order valence-electron chi connectivity index (χ4n) is 0. The minimum atomic E-state index is -1.68. The fourth-order valence-corrected chi connectivity index (χ4v) is 0. The second-order valence-corrected chi connectivity index (χ2v) is 3.09. The Labute approximate surface area is 48.0 Å². The molecule has 0 saturated heterocycles. The number of halogens is 2. The summed E-state index contributed by atoms with van der Waals surface area (Å²) >= 11 is 9.32. The topological polar surface area (TPSA) is 20.2 Å². The summed E-state index contributed by atoms with van der Waals surface area (Å²) in [6.45, 7) is 4.32. The molecule has 0 rings (SSSR count). The van der Waals surface area contributed by atoms with Crippen LogP contribution in [-0.4, -0.2) is 4.89 Å². The summed E-state index contributed by atoms with van der Waals surface area (Å²) in [5.74, 6) is 0. The van der Waals surface area contributed by atoms with Crippen LogP contribution in [0.1, 0.15) is 0 Å². The van der Waals surface area contributed by atoms with Gasteiger partial charge in [-0.1, -0.05) is 0 Å². The van der Waals surface area contributed by atoms with Crippen LogP contribution in [0.4, 0.5) is 0 Å². The average molecular weight is 147 g/mol. The Balaban J connectivity index is 0. The van der Waals surface area contributed by atoms with Gasteiger partial charge in [-0.2, -0.15) is 0 Å². The van der Waals surface area contributed by atoms with Crippen molar-refractivity contribution >= 4 is 29.3 Å². The van der Waals surface area contributed by atoms with Crippen LogP contribution in [0.3, 0.4) is 0 Å². The van der Waals surface area contributed by atoms with Gasteiger partial charge in [0, 0.05) is 0 Å². The number of hydrogen-bond donors (Lipinski definition) is 1. The third-order valence-electron chi connectivity index (χ3n) is 0. The normalized spacial score (nSPS) is 6.67. The molecule has 0 radical (unpaired) electrons. The fraction of sp³-hybridized carbons (Fsp3) is 0. The summed E-state index contributed by atoms with van der Waals surface area (Å²) in [6.07, 6.45) is 0. The van der Waals surface area contributed by atoms with Gasteiger partial charge in [-0.05, 0) is 22.5 Å². The van der Waals surface area contributed by atoms with Gasteiger partial charge < -0.3 is 4.89 Å². The molecule has 1 nitrogen and oxygen atoms in total. The molecule has 0 amide bonds. The standard InChI is InChI=1S/C2H4.Cl2HOP/c1-2;1-4(2)3/h1-2H2;3H. The van der Waals surface area contributed by atoms with Gasteiger partial charge >= 0.3 is 0 Å². The molecule has 0 saturated carbocycles. The molecule has 0 unspecified atom stereocenters. The lowest BCUT2D eigenvalue weighted by atomic mass is 11.3. The van der Waals surface area contributed by atoms with Gasteiger partial charge in [0.1, 0.15) is 0 Å². The molecule has 0 aromatic heterocycles. The number of hydrogen-bond acceptors (Lipinski definition) is 1. The van der Waals surface area contributed by atoms with Gasteiger partial charge in [-0.3, -0.25) is 0 Å². The second kappa shape index (κ2) is 9.20. The van der Waals surface area contributed by atoms with E-state index in [1.165, 1.54) is 0 Å². The highest BCUT2D eigenvalue weighted by molar-refractivity contribution is 7.99. The molecular weight excluding hydrogens is 142 g/mol. The molecule has 0 fully saturated rings. The molecule has 0 spiro atoms. The Kier molecular flexibility index (Phi) is 15.1. The highest BCUT2D eigenvalue weighted by Gasteiger charge is 1.78. The Morgan fingerprint density at radius 3 is 1.33 bits per heavy atom. The Morgan fingerprint density at radius 2 is 1.33 bits per heavy atom. The number of rotatable bonds is 0. The first-order valence-electron chi connectivity index (χ1n) is 1.04. The minimum absolute atomic E-state index is 1.68. The monoisotopic (exact) mass is 146 g/mol. The Morgan fingerprint density at radius 1 is 1.33 bits per heavy atom. The van der Waals surface area contributed by atoms with Gasteiger partial charge in [-0.25, -0.2) is 0 Å². The van der Waals surface area contributed by atoms with Crippen LogP contribution in [-0.2, 0) is 0 Å². The van der Waals surface area contributed by atoms with E-state index in [4.69, 9.17) is 4.89 Å². The first-order valence-corrected chi connectivity index (χ1v) is 4.14. The molecule has 0 aliphatic rings. The van der Waals surface area contributed by atoms with Crippen molar-refractivity contribution in [2.75, 3.05) is 0 Å². The molecule has 0 heterocycles. The lowest BCUT2D eigenvalue weighted by Crippen LogP contribution is -1.23. The van der Waals surface area contributed by atoms with E-state index >= 15 is 0 Å². The van der Waals surface area contributed by atoms with Crippen molar-refractivity contribution in [2.24, 2.45) is 0 Å². The predicted molar refractivity (Wildman–Crippen MR) is 32.1 cm³/mol. The summed E-state index contributed by atoms with van der Waals surface area (Å²) in [6, 6.07) is 0. The first kappa shape index (κ1) is 9.86. The van der Waals surface area contributed by atoms with Crippen LogP contribution in [0.25, 0.3) is 0 Å². The van der Waals surface area contributed by atoms with Crippen molar-refractivity contribution in [3.63, 3.8) is 0 Å². The third kappa shape index (κ3) is 129. The van der Waals surface area contributed by atoms with Crippen molar-refractivity contribution in [2.45, 2.75) is 0 Å². The Hall–Kier alpha value is 0.710. The van der Waals surface area contributed by atoms with Crippen LogP contribution in [0.2, 0.25) is 0 Å². The maximum absolute atomic E-state index is 7.65. The van der Waals surface area contributed by atoms with E-state index in [1.54, 1.807) is 0 Å². The van der Waals surface area contributed by atoms with Gasteiger partial charge in [0.2, 0.25) is 6.85 Å². The van der Waals surface area contributed by atoms with Gasteiger partial charge in [0.05, 0.1) is 0 Å². The highest BCUT2D eigenvalue weighted by atomic mass is 35.9. The summed E-state index contributed by atoms with van der Waals surface area (Å²) < 4.78 is 0. The average Bonchev–Trinajstić information content (AvgIpc) is 1.41.